The summed E-state index contributed by atoms with van der Waals surface area (Å²) in [6.07, 6.45) is -3.77. The van der Waals surface area contributed by atoms with Crippen LogP contribution in [0.5, 0.6) is 0 Å². The molecule has 0 bridgehead atoms. The Bertz CT molecular complexity index is 1660. The number of amides is 2. The first-order valence-corrected chi connectivity index (χ1v) is 19.8. The number of carbonyl (C=O) groups is 2. The van der Waals surface area contributed by atoms with Crippen molar-refractivity contribution in [2.75, 3.05) is 31.5 Å². The van der Waals surface area contributed by atoms with Crippen molar-refractivity contribution in [2.45, 2.75) is 82.4 Å². The number of fused-ring (bicyclic) bond motifs is 1. The molecule has 13 nitrogen and oxygen atoms in total. The van der Waals surface area contributed by atoms with E-state index in [2.05, 4.69) is 77.8 Å². The average molecular weight is 749 g/mol. The SMILES string of the molecule is CCNC(=O)[C@H]1O[C@@H](n2cnc3c(NCC(c4ccccc4)c4ccccc4)nc(C[AsH]C(=O)NCCN(C(C)C)C(C)C)nc32)[C@H](O)[C@@H]1O. The maximum atomic E-state index is 13.0. The van der Waals surface area contributed by atoms with Gasteiger partial charge in [-0.3, -0.25) is 0 Å². The van der Waals surface area contributed by atoms with E-state index in [4.69, 9.17) is 14.7 Å². The van der Waals surface area contributed by atoms with E-state index in [9.17, 15) is 19.8 Å². The normalized spacial score (nSPS) is 19.4. The van der Waals surface area contributed by atoms with Crippen molar-refractivity contribution in [1.29, 1.82) is 0 Å². The zero-order valence-electron chi connectivity index (χ0n) is 29.3. The molecule has 2 aromatic heterocycles. The fraction of sp³-hybridized carbons (Fsp3) is 0.472. The molecular weight excluding hydrogens is 699 g/mol. The Kier molecular flexibility index (Phi) is 13.0. The monoisotopic (exact) mass is 748 g/mol. The quantitative estimate of drug-likeness (QED) is 0.108. The predicted molar refractivity (Wildman–Crippen MR) is 194 cm³/mol. The van der Waals surface area contributed by atoms with E-state index in [1.54, 1.807) is 6.92 Å². The van der Waals surface area contributed by atoms with E-state index in [1.165, 1.54) is 10.9 Å². The zero-order valence-corrected chi connectivity index (χ0v) is 31.4. The van der Waals surface area contributed by atoms with Crippen LogP contribution in [0.2, 0.25) is 0 Å². The van der Waals surface area contributed by atoms with E-state index in [-0.39, 0.29) is 10.6 Å². The molecule has 268 valence electrons. The number of aliphatic hydroxyl groups is 2. The second-order valence-corrected chi connectivity index (χ2v) is 15.4. The van der Waals surface area contributed by atoms with Crippen molar-refractivity contribution >= 4 is 43.3 Å². The van der Waals surface area contributed by atoms with Gasteiger partial charge in [-0.15, -0.1) is 0 Å². The Hall–Kier alpha value is -3.87. The van der Waals surface area contributed by atoms with Crippen molar-refractivity contribution < 1.29 is 24.5 Å². The van der Waals surface area contributed by atoms with Crippen LogP contribution in [-0.2, 0) is 14.7 Å². The average Bonchev–Trinajstić information content (AvgIpc) is 3.66. The first-order chi connectivity index (χ1) is 24.1. The van der Waals surface area contributed by atoms with Crippen molar-refractivity contribution in [1.82, 2.24) is 35.1 Å². The summed E-state index contributed by atoms with van der Waals surface area (Å²) in [7, 11) is 0. The van der Waals surface area contributed by atoms with E-state index in [0.717, 1.165) is 17.7 Å². The van der Waals surface area contributed by atoms with Crippen molar-refractivity contribution in [3.63, 3.8) is 0 Å². The maximum absolute atomic E-state index is 13.0. The van der Waals surface area contributed by atoms with Gasteiger partial charge in [-0.25, -0.2) is 0 Å². The number of carbonyl (C=O) groups excluding carboxylic acids is 2. The van der Waals surface area contributed by atoms with Crippen LogP contribution in [0.3, 0.4) is 0 Å². The van der Waals surface area contributed by atoms with Gasteiger partial charge in [-0.05, 0) is 0 Å². The number of rotatable bonds is 16. The van der Waals surface area contributed by atoms with Crippen LogP contribution in [0.4, 0.5) is 10.6 Å². The molecule has 1 saturated heterocycles. The molecule has 5 atom stereocenters. The summed E-state index contributed by atoms with van der Waals surface area (Å²) in [6, 6.07) is 21.2. The number of ether oxygens (including phenoxy) is 1. The number of nitrogens with one attached hydrogen (secondary N) is 3. The molecule has 4 aromatic rings. The Balaban J connectivity index is 1.42. The summed E-state index contributed by atoms with van der Waals surface area (Å²) in [6.45, 7) is 12.5. The van der Waals surface area contributed by atoms with Gasteiger partial charge in [-0.1, -0.05) is 0 Å². The molecule has 0 radical (unpaired) electrons. The molecular formula is C36H49AsN8O5. The minimum atomic E-state index is -1.45. The van der Waals surface area contributed by atoms with Crippen LogP contribution in [0, 0.1) is 0 Å². The fourth-order valence-corrected chi connectivity index (χ4v) is 7.89. The number of nitrogens with zero attached hydrogens (tertiary/aromatic N) is 5. The fourth-order valence-electron chi connectivity index (χ4n) is 6.36. The topological polar surface area (TPSA) is 167 Å². The summed E-state index contributed by atoms with van der Waals surface area (Å²) in [5.41, 5.74) is 3.06. The van der Waals surface area contributed by atoms with Gasteiger partial charge in [0, 0.05) is 0 Å². The minimum absolute atomic E-state index is 0.00335. The third kappa shape index (κ3) is 8.88. The van der Waals surface area contributed by atoms with Crippen LogP contribution in [0.15, 0.2) is 67.0 Å². The first kappa shape index (κ1) is 37.4. The third-order valence-electron chi connectivity index (χ3n) is 8.86. The van der Waals surface area contributed by atoms with Crippen molar-refractivity contribution in [2.24, 2.45) is 0 Å². The van der Waals surface area contributed by atoms with Gasteiger partial charge in [0.15, 0.2) is 0 Å². The van der Waals surface area contributed by atoms with Crippen LogP contribution in [0.1, 0.15) is 63.7 Å². The molecule has 50 heavy (non-hydrogen) atoms. The Labute approximate surface area is 299 Å². The number of aliphatic hydroxyl groups excluding tert-OH is 2. The van der Waals surface area contributed by atoms with Crippen molar-refractivity contribution in [3.8, 4) is 0 Å². The van der Waals surface area contributed by atoms with Crippen LogP contribution < -0.4 is 16.0 Å². The summed E-state index contributed by atoms with van der Waals surface area (Å²) in [4.78, 5) is 42.2. The summed E-state index contributed by atoms with van der Waals surface area (Å²) >= 11 is -1.17. The van der Waals surface area contributed by atoms with E-state index in [0.29, 0.717) is 59.7 Å². The molecule has 1 aliphatic heterocycles. The Morgan fingerprint density at radius 2 is 1.58 bits per heavy atom. The second kappa shape index (κ2) is 17.4. The van der Waals surface area contributed by atoms with Crippen LogP contribution in [0.25, 0.3) is 11.2 Å². The number of likely N-dealkylation sites (N-methyl/N-ethyl adjacent to an activating group) is 1. The number of hydrogen-bond donors (Lipinski definition) is 5. The number of aromatic nitrogens is 4. The molecule has 0 aliphatic carbocycles. The predicted octanol–water partition coefficient (Wildman–Crippen LogP) is 2.59. The molecule has 5 N–H and O–H groups in total. The van der Waals surface area contributed by atoms with Crippen molar-refractivity contribution in [3.05, 3.63) is 83.9 Å². The molecule has 14 heteroatoms. The first-order valence-electron chi connectivity index (χ1n) is 17.2. The number of hydrogen-bond acceptors (Lipinski definition) is 10. The number of imidazole rings is 1. The summed E-state index contributed by atoms with van der Waals surface area (Å²) in [5.74, 6) is 0.409. The number of benzene rings is 2. The standard InChI is InChI=1S/C36H49AsN8O5/c1-6-38-34(48)31-29(46)30(47)35(50-31)45-21-41-28-32(40-20-26(24-13-9-7-10-14-24)25-15-11-8-12-16-25)42-27(43-33(28)45)19-37-36(49)39-17-18-44(22(2)3)23(4)5/h7-16,21-23,26,29-31,35,37,46-47H,6,17-20H2,1-5H3,(H,38,48)(H,39,49)(H,40,42,43)/t29-,30+,31-,35+/m0/s1. The molecule has 2 aromatic carbocycles. The summed E-state index contributed by atoms with van der Waals surface area (Å²) in [5, 5.41) is 31.3. The Morgan fingerprint density at radius 3 is 2.18 bits per heavy atom. The van der Waals surface area contributed by atoms with E-state index >= 15 is 0 Å². The van der Waals surface area contributed by atoms with Gasteiger partial charge in [0.05, 0.1) is 0 Å². The van der Waals surface area contributed by atoms with Crippen LogP contribution in [-0.4, -0.2) is 118 Å². The molecule has 5 rings (SSSR count). The molecule has 1 unspecified atom stereocenters. The van der Waals surface area contributed by atoms with Gasteiger partial charge in [0.2, 0.25) is 0 Å². The zero-order chi connectivity index (χ0) is 35.8. The van der Waals surface area contributed by atoms with Crippen LogP contribution >= 0.6 is 0 Å². The van der Waals surface area contributed by atoms with Gasteiger partial charge < -0.3 is 0 Å². The second-order valence-electron chi connectivity index (χ2n) is 12.9. The third-order valence-corrected chi connectivity index (χ3v) is 10.9. The Morgan fingerprint density at radius 1 is 0.940 bits per heavy atom. The molecule has 1 aliphatic rings. The summed E-state index contributed by atoms with van der Waals surface area (Å²) < 4.78 is 7.45. The molecule has 1 fully saturated rings. The number of anilines is 1. The van der Waals surface area contributed by atoms with Gasteiger partial charge in [0.25, 0.3) is 0 Å². The van der Waals surface area contributed by atoms with E-state index < -0.39 is 46.2 Å². The van der Waals surface area contributed by atoms with E-state index in [1.807, 2.05) is 36.4 Å². The van der Waals surface area contributed by atoms with Gasteiger partial charge in [-0.2, -0.15) is 0 Å². The molecule has 0 spiro atoms. The van der Waals surface area contributed by atoms with Gasteiger partial charge in [0.1, 0.15) is 0 Å². The van der Waals surface area contributed by atoms with Gasteiger partial charge >= 0.3 is 301 Å². The molecule has 2 amide bonds. The molecule has 0 saturated carbocycles. The molecule has 3 heterocycles.